The molecule has 0 aromatic rings. The van der Waals surface area contributed by atoms with Gasteiger partial charge in [-0.25, -0.2) is 0 Å². The van der Waals surface area contributed by atoms with Crippen LogP contribution in [-0.2, 0) is 9.59 Å². The number of nitrogens with zero attached hydrogens (tertiary/aromatic N) is 1. The Morgan fingerprint density at radius 1 is 1.46 bits per heavy atom. The lowest BCUT2D eigenvalue weighted by atomic mass is 10.1. The van der Waals surface area contributed by atoms with Crippen LogP contribution in [0.3, 0.4) is 0 Å². The summed E-state index contributed by atoms with van der Waals surface area (Å²) in [6.07, 6.45) is 1.32. The third kappa shape index (κ3) is 1.86. The maximum Gasteiger partial charge on any atom is 0.227 e. The average Bonchev–Trinajstić information content (AvgIpc) is 2.48. The fourth-order valence-electron chi connectivity index (χ4n) is 1.30. The molecule has 1 amide bonds. The van der Waals surface area contributed by atoms with Crippen LogP contribution in [0.4, 0.5) is 0 Å². The highest BCUT2D eigenvalue weighted by Gasteiger charge is 2.25. The summed E-state index contributed by atoms with van der Waals surface area (Å²) < 4.78 is 0. The number of carbonyl (C=O) groups is 2. The quantitative estimate of drug-likeness (QED) is 0.612. The number of hydrogen-bond donors (Lipinski definition) is 0. The van der Waals surface area contributed by atoms with Crippen LogP contribution in [-0.4, -0.2) is 23.1 Å². The molecule has 0 aromatic heterocycles. The summed E-state index contributed by atoms with van der Waals surface area (Å²) in [5.74, 6) is -0.241. The molecular weight excluding hydrogens is 166 g/mol. The number of amides is 1. The average molecular weight is 179 g/mol. The molecule has 1 heterocycles. The van der Waals surface area contributed by atoms with Crippen LogP contribution in [0.1, 0.15) is 19.8 Å². The Morgan fingerprint density at radius 2 is 2.08 bits per heavy atom. The van der Waals surface area contributed by atoms with Gasteiger partial charge in [0, 0.05) is 13.0 Å². The van der Waals surface area contributed by atoms with Crippen LogP contribution < -0.4 is 0 Å². The minimum absolute atomic E-state index is 0.0143. The second-order valence-electron chi connectivity index (χ2n) is 3.21. The normalized spacial score (nSPS) is 16.1. The first-order valence-electron chi connectivity index (χ1n) is 4.23. The maximum absolute atomic E-state index is 11.4. The van der Waals surface area contributed by atoms with E-state index in [0.717, 1.165) is 6.42 Å². The predicted octanol–water partition coefficient (Wildman–Crippen LogP) is 1.27. The first-order chi connectivity index (χ1) is 6.04. The number of hydrogen-bond acceptors (Lipinski definition) is 2. The molecule has 70 valence electrons. The van der Waals surface area contributed by atoms with Crippen molar-refractivity contribution in [3.8, 4) is 0 Å². The first-order valence-corrected chi connectivity index (χ1v) is 4.23. The number of carbonyl (C=O) groups excluding carboxylic acids is 2. The Kier molecular flexibility index (Phi) is 2.66. The molecule has 0 unspecified atom stereocenters. The molecule has 1 rings (SSSR count). The topological polar surface area (TPSA) is 37.4 Å². The molecule has 1 aliphatic rings. The van der Waals surface area contributed by atoms with Gasteiger partial charge in [0.25, 0.3) is 0 Å². The molecule has 0 N–H and O–H groups in total. The molecule has 3 heteroatoms. The number of Topliss-reactive ketones (excluding diaryl/α,β-unsaturated/α-hetero) is 1. The lowest BCUT2D eigenvalue weighted by molar-refractivity contribution is -0.128. The van der Waals surface area contributed by atoms with Gasteiger partial charge in [-0.3, -0.25) is 9.59 Å². The van der Waals surface area contributed by atoms with Gasteiger partial charge in [0.05, 0.1) is 5.70 Å². The minimum atomic E-state index is -0.227. The van der Waals surface area contributed by atoms with E-state index in [1.807, 2.05) is 0 Å². The van der Waals surface area contributed by atoms with Crippen LogP contribution in [0.15, 0.2) is 24.4 Å². The first kappa shape index (κ1) is 9.71. The zero-order chi connectivity index (χ0) is 10.0. The van der Waals surface area contributed by atoms with Crippen LogP contribution in [0, 0.1) is 0 Å². The molecule has 0 aromatic carbocycles. The lowest BCUT2D eigenvalue weighted by Crippen LogP contribution is -2.28. The fourth-order valence-corrected chi connectivity index (χ4v) is 1.30. The van der Waals surface area contributed by atoms with Crippen molar-refractivity contribution in [2.24, 2.45) is 0 Å². The Labute approximate surface area is 77.7 Å². The second kappa shape index (κ2) is 3.56. The van der Waals surface area contributed by atoms with E-state index in [1.165, 1.54) is 4.90 Å². The van der Waals surface area contributed by atoms with Crippen molar-refractivity contribution in [1.82, 2.24) is 4.90 Å². The molecule has 1 aliphatic heterocycles. The summed E-state index contributed by atoms with van der Waals surface area (Å²) >= 11 is 0. The molecule has 0 atom stereocenters. The monoisotopic (exact) mass is 179 g/mol. The van der Waals surface area contributed by atoms with Crippen LogP contribution in [0.2, 0.25) is 0 Å². The Balaban J connectivity index is 2.73. The summed E-state index contributed by atoms with van der Waals surface area (Å²) in [7, 11) is 0. The smallest absolute Gasteiger partial charge is 0.227 e. The van der Waals surface area contributed by atoms with Crippen LogP contribution >= 0.6 is 0 Å². The number of ketones is 1. The third-order valence-electron chi connectivity index (χ3n) is 2.05. The summed E-state index contributed by atoms with van der Waals surface area (Å²) in [6.45, 7) is 9.35. The van der Waals surface area contributed by atoms with Gasteiger partial charge < -0.3 is 4.90 Å². The van der Waals surface area contributed by atoms with E-state index >= 15 is 0 Å². The van der Waals surface area contributed by atoms with E-state index in [0.29, 0.717) is 18.5 Å². The summed E-state index contributed by atoms with van der Waals surface area (Å²) in [5.41, 5.74) is 0.680. The molecule has 1 saturated heterocycles. The molecule has 1 fully saturated rings. The zero-order valence-corrected chi connectivity index (χ0v) is 7.80. The molecule has 3 nitrogen and oxygen atoms in total. The SMILES string of the molecule is C=C(C)C(=O)C(=C)N1CCCC1=O. The Hall–Kier alpha value is -1.38. The highest BCUT2D eigenvalue weighted by molar-refractivity contribution is 6.08. The van der Waals surface area contributed by atoms with E-state index in [-0.39, 0.29) is 17.4 Å². The van der Waals surface area contributed by atoms with Gasteiger partial charge in [-0.1, -0.05) is 13.2 Å². The third-order valence-corrected chi connectivity index (χ3v) is 2.05. The van der Waals surface area contributed by atoms with Crippen molar-refractivity contribution in [1.29, 1.82) is 0 Å². The van der Waals surface area contributed by atoms with E-state index in [4.69, 9.17) is 0 Å². The van der Waals surface area contributed by atoms with Gasteiger partial charge in [-0.05, 0) is 18.9 Å². The summed E-state index contributed by atoms with van der Waals surface area (Å²) in [6, 6.07) is 0. The van der Waals surface area contributed by atoms with Crippen LogP contribution in [0.5, 0.6) is 0 Å². The van der Waals surface area contributed by atoms with Crippen molar-refractivity contribution < 1.29 is 9.59 Å². The lowest BCUT2D eigenvalue weighted by Gasteiger charge is -2.16. The highest BCUT2D eigenvalue weighted by atomic mass is 16.2. The van der Waals surface area contributed by atoms with Gasteiger partial charge in [0.15, 0.2) is 0 Å². The van der Waals surface area contributed by atoms with Gasteiger partial charge in [0.1, 0.15) is 0 Å². The molecule has 13 heavy (non-hydrogen) atoms. The molecule has 0 aliphatic carbocycles. The van der Waals surface area contributed by atoms with Gasteiger partial charge in [-0.2, -0.15) is 0 Å². The molecule has 0 spiro atoms. The summed E-state index contributed by atoms with van der Waals surface area (Å²) in [4.78, 5) is 24.0. The number of rotatable bonds is 3. The maximum atomic E-state index is 11.4. The largest absolute Gasteiger partial charge is 0.309 e. The Bertz CT molecular complexity index is 291. The van der Waals surface area contributed by atoms with Gasteiger partial charge >= 0.3 is 0 Å². The van der Waals surface area contributed by atoms with Crippen molar-refractivity contribution in [2.75, 3.05) is 6.54 Å². The minimum Gasteiger partial charge on any atom is -0.309 e. The van der Waals surface area contributed by atoms with Crippen molar-refractivity contribution >= 4 is 11.7 Å². The predicted molar refractivity (Wildman–Crippen MR) is 49.9 cm³/mol. The van der Waals surface area contributed by atoms with E-state index in [1.54, 1.807) is 6.92 Å². The van der Waals surface area contributed by atoms with E-state index in [9.17, 15) is 9.59 Å². The van der Waals surface area contributed by atoms with E-state index in [2.05, 4.69) is 13.2 Å². The fraction of sp³-hybridized carbons (Fsp3) is 0.400. The zero-order valence-electron chi connectivity index (χ0n) is 7.80. The summed E-state index contributed by atoms with van der Waals surface area (Å²) in [5, 5.41) is 0. The van der Waals surface area contributed by atoms with Crippen molar-refractivity contribution in [3.63, 3.8) is 0 Å². The molecule has 0 bridgehead atoms. The molecule has 0 saturated carbocycles. The molecular formula is C10H13NO2. The number of allylic oxidation sites excluding steroid dienone is 1. The van der Waals surface area contributed by atoms with Crippen molar-refractivity contribution in [2.45, 2.75) is 19.8 Å². The Morgan fingerprint density at radius 3 is 2.46 bits per heavy atom. The molecule has 0 radical (unpaired) electrons. The van der Waals surface area contributed by atoms with E-state index < -0.39 is 0 Å². The van der Waals surface area contributed by atoms with Crippen molar-refractivity contribution in [3.05, 3.63) is 24.4 Å². The number of likely N-dealkylation sites (tertiary alicyclic amines) is 1. The highest BCUT2D eigenvalue weighted by Crippen LogP contribution is 2.17. The standard InChI is InChI=1S/C10H13NO2/c1-7(2)10(13)8(3)11-6-4-5-9(11)12/h1,3-6H2,2H3. The second-order valence-corrected chi connectivity index (χ2v) is 3.21. The van der Waals surface area contributed by atoms with Gasteiger partial charge in [-0.15, -0.1) is 0 Å². The van der Waals surface area contributed by atoms with Crippen LogP contribution in [0.25, 0.3) is 0 Å². The van der Waals surface area contributed by atoms with Gasteiger partial charge in [0.2, 0.25) is 11.7 Å².